The van der Waals surface area contributed by atoms with Crippen molar-refractivity contribution >= 4 is 17.3 Å². The molecule has 1 aromatic heterocycles. The summed E-state index contributed by atoms with van der Waals surface area (Å²) in [4.78, 5) is 15.0. The van der Waals surface area contributed by atoms with Crippen molar-refractivity contribution in [3.63, 3.8) is 0 Å². The molecule has 2 saturated carbocycles. The number of fused-ring (bicyclic) bond motifs is 2. The Morgan fingerprint density at radius 3 is 2.71 bits per heavy atom. The molecule has 0 aromatic carbocycles. The lowest BCUT2D eigenvalue weighted by Gasteiger charge is -2.43. The maximum Gasteiger partial charge on any atom is 0.311 e. The minimum Gasteiger partial charge on any atom is -0.384 e. The third-order valence-corrected chi connectivity index (χ3v) is 5.64. The van der Waals surface area contributed by atoms with Gasteiger partial charge in [0.05, 0.1) is 4.92 Å². The number of nitrogens with zero attached hydrogens (tertiary/aromatic N) is 2. The first-order valence-corrected chi connectivity index (χ1v) is 7.41. The van der Waals surface area contributed by atoms with Crippen LogP contribution in [-0.2, 0) is 0 Å². The standard InChI is InChI=1S/C15H22N4O2/c1-14(2)9-6-7-15(3,8-9)13(14)18-12-10(19(20)21)4-5-11(16)17-12/h4-5,9,13H,6-8H2,1-3H3,(H3,16,17,18). The number of hydrogen-bond donors (Lipinski definition) is 2. The minimum atomic E-state index is -0.405. The van der Waals surface area contributed by atoms with Crippen molar-refractivity contribution in [3.8, 4) is 0 Å². The number of rotatable bonds is 3. The molecule has 0 saturated heterocycles. The fourth-order valence-corrected chi connectivity index (χ4v) is 4.52. The normalized spacial score (nSPS) is 33.1. The van der Waals surface area contributed by atoms with Crippen LogP contribution in [0.15, 0.2) is 12.1 Å². The Morgan fingerprint density at radius 2 is 2.14 bits per heavy atom. The molecular weight excluding hydrogens is 268 g/mol. The predicted octanol–water partition coefficient (Wildman–Crippen LogP) is 3.20. The number of anilines is 2. The molecule has 2 bridgehead atoms. The number of nitrogen functional groups attached to an aromatic ring is 1. The van der Waals surface area contributed by atoms with Gasteiger partial charge in [0, 0.05) is 12.1 Å². The van der Waals surface area contributed by atoms with Crippen molar-refractivity contribution in [2.75, 3.05) is 11.1 Å². The summed E-state index contributed by atoms with van der Waals surface area (Å²) in [7, 11) is 0. The van der Waals surface area contributed by atoms with Crippen LogP contribution in [0.3, 0.4) is 0 Å². The Hall–Kier alpha value is -1.85. The van der Waals surface area contributed by atoms with E-state index >= 15 is 0 Å². The minimum absolute atomic E-state index is 0.00799. The van der Waals surface area contributed by atoms with E-state index in [1.54, 1.807) is 0 Å². The van der Waals surface area contributed by atoms with Crippen molar-refractivity contribution in [3.05, 3.63) is 22.2 Å². The molecule has 0 radical (unpaired) electrons. The monoisotopic (exact) mass is 290 g/mol. The third-order valence-electron chi connectivity index (χ3n) is 5.64. The Morgan fingerprint density at radius 1 is 1.43 bits per heavy atom. The van der Waals surface area contributed by atoms with E-state index in [1.807, 2.05) is 0 Å². The van der Waals surface area contributed by atoms with E-state index in [1.165, 1.54) is 25.0 Å². The summed E-state index contributed by atoms with van der Waals surface area (Å²) in [6, 6.07) is 3.07. The Labute approximate surface area is 124 Å². The zero-order valence-electron chi connectivity index (χ0n) is 12.7. The quantitative estimate of drug-likeness (QED) is 0.658. The molecule has 6 heteroatoms. The van der Waals surface area contributed by atoms with E-state index in [0.29, 0.717) is 17.6 Å². The number of pyridine rings is 1. The van der Waals surface area contributed by atoms with Crippen LogP contribution in [0.4, 0.5) is 17.3 Å². The summed E-state index contributed by atoms with van der Waals surface area (Å²) in [5.74, 6) is 1.26. The number of hydrogen-bond acceptors (Lipinski definition) is 5. The Kier molecular flexibility index (Phi) is 2.90. The lowest BCUT2D eigenvalue weighted by molar-refractivity contribution is -0.384. The fourth-order valence-electron chi connectivity index (χ4n) is 4.52. The topological polar surface area (TPSA) is 94.1 Å². The van der Waals surface area contributed by atoms with Gasteiger partial charge in [-0.15, -0.1) is 0 Å². The number of nitrogens with one attached hydrogen (secondary N) is 1. The van der Waals surface area contributed by atoms with Gasteiger partial charge >= 0.3 is 5.69 Å². The predicted molar refractivity (Wildman–Crippen MR) is 81.9 cm³/mol. The van der Waals surface area contributed by atoms with Crippen LogP contribution in [0.5, 0.6) is 0 Å². The first-order chi connectivity index (χ1) is 9.74. The van der Waals surface area contributed by atoms with E-state index < -0.39 is 4.92 Å². The van der Waals surface area contributed by atoms with Crippen molar-refractivity contribution in [2.24, 2.45) is 16.7 Å². The van der Waals surface area contributed by atoms with Crippen LogP contribution in [0.1, 0.15) is 40.0 Å². The molecule has 3 atom stereocenters. The van der Waals surface area contributed by atoms with Gasteiger partial charge < -0.3 is 11.1 Å². The van der Waals surface area contributed by atoms with Crippen molar-refractivity contribution in [1.82, 2.24) is 4.98 Å². The summed E-state index contributed by atoms with van der Waals surface area (Å²) in [6.07, 6.45) is 3.58. The molecule has 0 aliphatic heterocycles. The fraction of sp³-hybridized carbons (Fsp3) is 0.667. The number of nitro groups is 1. The zero-order valence-corrected chi connectivity index (χ0v) is 12.7. The smallest absolute Gasteiger partial charge is 0.311 e. The average Bonchev–Trinajstić information content (AvgIpc) is 2.85. The van der Waals surface area contributed by atoms with E-state index in [4.69, 9.17) is 5.73 Å². The highest BCUT2D eigenvalue weighted by Gasteiger charge is 2.59. The van der Waals surface area contributed by atoms with Crippen LogP contribution in [0.25, 0.3) is 0 Å². The maximum atomic E-state index is 11.2. The van der Waals surface area contributed by atoms with Gasteiger partial charge in [0.1, 0.15) is 5.82 Å². The molecule has 0 amide bonds. The first kappa shape index (κ1) is 14.1. The Bertz CT molecular complexity index is 597. The molecule has 1 aromatic rings. The van der Waals surface area contributed by atoms with E-state index in [-0.39, 0.29) is 22.6 Å². The van der Waals surface area contributed by atoms with Crippen LogP contribution in [-0.4, -0.2) is 15.9 Å². The van der Waals surface area contributed by atoms with Crippen LogP contribution in [0, 0.1) is 26.9 Å². The highest BCUT2D eigenvalue weighted by Crippen LogP contribution is 2.63. The molecule has 2 aliphatic carbocycles. The van der Waals surface area contributed by atoms with Crippen LogP contribution >= 0.6 is 0 Å². The largest absolute Gasteiger partial charge is 0.384 e. The molecule has 21 heavy (non-hydrogen) atoms. The molecule has 3 rings (SSSR count). The Balaban J connectivity index is 1.97. The van der Waals surface area contributed by atoms with Gasteiger partial charge in [0.25, 0.3) is 0 Å². The second kappa shape index (κ2) is 4.32. The lowest BCUT2D eigenvalue weighted by atomic mass is 9.68. The summed E-state index contributed by atoms with van der Waals surface area (Å²) in [5.41, 5.74) is 5.98. The van der Waals surface area contributed by atoms with E-state index in [0.717, 1.165) is 6.42 Å². The van der Waals surface area contributed by atoms with Gasteiger partial charge in [-0.25, -0.2) is 4.98 Å². The number of nitrogens with two attached hydrogens (primary N) is 1. The SMILES string of the molecule is CC12CCC(C1)C(C)(C)C2Nc1nc(N)ccc1[N+](=O)[O-]. The van der Waals surface area contributed by atoms with Gasteiger partial charge in [0.15, 0.2) is 0 Å². The van der Waals surface area contributed by atoms with Crippen molar-refractivity contribution in [2.45, 2.75) is 46.1 Å². The van der Waals surface area contributed by atoms with Gasteiger partial charge in [0.2, 0.25) is 5.82 Å². The molecule has 2 aliphatic rings. The highest BCUT2D eigenvalue weighted by molar-refractivity contribution is 5.60. The van der Waals surface area contributed by atoms with Crippen molar-refractivity contribution < 1.29 is 4.92 Å². The van der Waals surface area contributed by atoms with Gasteiger partial charge in [-0.1, -0.05) is 20.8 Å². The molecule has 1 heterocycles. The molecular formula is C15H22N4O2. The van der Waals surface area contributed by atoms with Crippen molar-refractivity contribution in [1.29, 1.82) is 0 Å². The molecule has 2 fully saturated rings. The first-order valence-electron chi connectivity index (χ1n) is 7.41. The molecule has 114 valence electrons. The summed E-state index contributed by atoms with van der Waals surface area (Å²) in [5, 5.41) is 14.6. The zero-order chi connectivity index (χ0) is 15.4. The second-order valence-electron chi connectivity index (χ2n) is 7.35. The van der Waals surface area contributed by atoms with Crippen LogP contribution < -0.4 is 11.1 Å². The summed E-state index contributed by atoms with van der Waals surface area (Å²) >= 11 is 0. The number of aromatic nitrogens is 1. The molecule has 6 nitrogen and oxygen atoms in total. The molecule has 0 spiro atoms. The highest BCUT2D eigenvalue weighted by atomic mass is 16.6. The van der Waals surface area contributed by atoms with Gasteiger partial charge in [-0.2, -0.15) is 0 Å². The molecule has 3 N–H and O–H groups in total. The van der Waals surface area contributed by atoms with E-state index in [9.17, 15) is 10.1 Å². The maximum absolute atomic E-state index is 11.2. The third kappa shape index (κ3) is 2.04. The lowest BCUT2D eigenvalue weighted by Crippen LogP contribution is -2.46. The van der Waals surface area contributed by atoms with Gasteiger partial charge in [-0.3, -0.25) is 10.1 Å². The molecule has 3 unspecified atom stereocenters. The summed E-state index contributed by atoms with van der Waals surface area (Å²) in [6.45, 7) is 6.77. The summed E-state index contributed by atoms with van der Waals surface area (Å²) < 4.78 is 0. The average molecular weight is 290 g/mol. The van der Waals surface area contributed by atoms with Gasteiger partial charge in [-0.05, 0) is 42.1 Å². The van der Waals surface area contributed by atoms with Crippen LogP contribution in [0.2, 0.25) is 0 Å². The second-order valence-corrected chi connectivity index (χ2v) is 7.35. The van der Waals surface area contributed by atoms with E-state index in [2.05, 4.69) is 31.1 Å².